The third kappa shape index (κ3) is 3.46. The lowest BCUT2D eigenvalue weighted by Crippen LogP contribution is -2.47. The summed E-state index contributed by atoms with van der Waals surface area (Å²) in [6, 6.07) is 0. The monoisotopic (exact) mass is 442 g/mol. The number of carbonyl (C=O) groups excluding carboxylic acids is 2. The van der Waals surface area contributed by atoms with E-state index in [1.54, 1.807) is 0 Å². The molecule has 5 heteroatoms. The molecule has 5 nitrogen and oxygen atoms in total. The molecule has 32 heavy (non-hydrogen) atoms. The fraction of sp³-hybridized carbons (Fsp3) is 0.778. The van der Waals surface area contributed by atoms with E-state index in [4.69, 9.17) is 14.2 Å². The van der Waals surface area contributed by atoms with E-state index in [2.05, 4.69) is 26.8 Å². The van der Waals surface area contributed by atoms with Crippen molar-refractivity contribution in [1.29, 1.82) is 0 Å². The van der Waals surface area contributed by atoms with Gasteiger partial charge in [0.2, 0.25) is 0 Å². The second kappa shape index (κ2) is 7.72. The Morgan fingerprint density at radius 2 is 2.06 bits per heavy atom. The number of hydrogen-bond donors (Lipinski definition) is 0. The molecule has 0 N–H and O–H groups in total. The third-order valence-corrected chi connectivity index (χ3v) is 10.1. The van der Waals surface area contributed by atoms with E-state index in [0.29, 0.717) is 34.8 Å². The van der Waals surface area contributed by atoms with Gasteiger partial charge in [0.1, 0.15) is 0 Å². The summed E-state index contributed by atoms with van der Waals surface area (Å²) in [5.41, 5.74) is 3.62. The minimum Gasteiger partial charge on any atom is -0.421 e. The van der Waals surface area contributed by atoms with Gasteiger partial charge in [0.05, 0.1) is 12.7 Å². The first kappa shape index (κ1) is 22.2. The molecule has 0 radical (unpaired) electrons. The van der Waals surface area contributed by atoms with Crippen LogP contribution in [-0.2, 0) is 23.8 Å². The van der Waals surface area contributed by atoms with Crippen LogP contribution in [0.1, 0.15) is 85.5 Å². The van der Waals surface area contributed by atoms with E-state index in [1.165, 1.54) is 63.5 Å². The van der Waals surface area contributed by atoms with Crippen molar-refractivity contribution in [3.05, 3.63) is 23.3 Å². The largest absolute Gasteiger partial charge is 0.421 e. The van der Waals surface area contributed by atoms with E-state index in [9.17, 15) is 9.59 Å². The van der Waals surface area contributed by atoms with Gasteiger partial charge in [-0.3, -0.25) is 4.79 Å². The first-order valence-corrected chi connectivity index (χ1v) is 12.6. The first-order valence-electron chi connectivity index (χ1n) is 12.6. The summed E-state index contributed by atoms with van der Waals surface area (Å²) in [5.74, 6) is 0.698. The maximum Gasteiger partial charge on any atom is 0.334 e. The second-order valence-electron chi connectivity index (χ2n) is 11.7. The van der Waals surface area contributed by atoms with Crippen LogP contribution in [0.5, 0.6) is 0 Å². The Balaban J connectivity index is 1.23. The van der Waals surface area contributed by atoms with Crippen LogP contribution in [0.25, 0.3) is 0 Å². The highest BCUT2D eigenvalue weighted by atomic mass is 16.7. The van der Waals surface area contributed by atoms with Gasteiger partial charge >= 0.3 is 11.9 Å². The average Bonchev–Trinajstić information content (AvgIpc) is 3.23. The quantitative estimate of drug-likeness (QED) is 0.416. The van der Waals surface area contributed by atoms with E-state index in [1.807, 2.05) is 0 Å². The number of cyclic esters (lactones) is 1. The summed E-state index contributed by atoms with van der Waals surface area (Å²) >= 11 is 0. The fourth-order valence-corrected chi connectivity index (χ4v) is 7.94. The predicted octanol–water partition coefficient (Wildman–Crippen LogP) is 5.49. The van der Waals surface area contributed by atoms with Crippen LogP contribution in [0, 0.1) is 28.1 Å². The topological polar surface area (TPSA) is 61.8 Å². The lowest BCUT2D eigenvalue weighted by molar-refractivity contribution is -0.173. The Labute approximate surface area is 191 Å². The minimum absolute atomic E-state index is 0.271. The molecule has 0 bridgehead atoms. The number of carbonyl (C=O) groups is 2. The van der Waals surface area contributed by atoms with Crippen molar-refractivity contribution < 1.29 is 23.8 Å². The van der Waals surface area contributed by atoms with Gasteiger partial charge in [-0.2, -0.15) is 0 Å². The fourth-order valence-electron chi connectivity index (χ4n) is 7.94. The standard InChI is InChI=1S/C27H38O5/c1-17-9-13-27-16-25(27,3)11-5-6-22(27)26(17,4)12-10-19-7-8-21(30-15-19)20-14-23(29)32-24(20)31-18(2)28/h7,14,17,21-22,24H,5-6,8-13,15-16H2,1-4H3/t17-,21+,22+,24+,25-,26-,27-/m1/s1. The highest BCUT2D eigenvalue weighted by Gasteiger charge is 2.72. The van der Waals surface area contributed by atoms with Crippen molar-refractivity contribution in [3.63, 3.8) is 0 Å². The van der Waals surface area contributed by atoms with E-state index < -0.39 is 18.2 Å². The van der Waals surface area contributed by atoms with Crippen molar-refractivity contribution in [1.82, 2.24) is 0 Å². The molecule has 5 aliphatic rings. The summed E-state index contributed by atoms with van der Waals surface area (Å²) < 4.78 is 16.4. The van der Waals surface area contributed by atoms with E-state index in [-0.39, 0.29) is 6.10 Å². The van der Waals surface area contributed by atoms with Gasteiger partial charge in [-0.1, -0.05) is 33.3 Å². The van der Waals surface area contributed by atoms with Gasteiger partial charge in [0.15, 0.2) is 0 Å². The highest BCUT2D eigenvalue weighted by molar-refractivity contribution is 5.86. The van der Waals surface area contributed by atoms with E-state index >= 15 is 0 Å². The van der Waals surface area contributed by atoms with Crippen molar-refractivity contribution in [3.8, 4) is 0 Å². The maximum absolute atomic E-state index is 11.7. The Morgan fingerprint density at radius 3 is 2.78 bits per heavy atom. The third-order valence-electron chi connectivity index (χ3n) is 10.1. The lowest BCUT2D eigenvalue weighted by Gasteiger charge is -2.55. The molecular weight excluding hydrogens is 404 g/mol. The molecule has 0 saturated heterocycles. The average molecular weight is 443 g/mol. The lowest BCUT2D eigenvalue weighted by atomic mass is 9.50. The number of ether oxygens (including phenoxy) is 3. The molecule has 1 spiro atoms. The molecule has 2 heterocycles. The molecule has 3 aliphatic carbocycles. The Hall–Kier alpha value is -1.62. The molecule has 3 saturated carbocycles. The molecule has 0 amide bonds. The molecule has 176 valence electrons. The summed E-state index contributed by atoms with van der Waals surface area (Å²) in [4.78, 5) is 23.0. The van der Waals surface area contributed by atoms with E-state index in [0.717, 1.165) is 18.3 Å². The van der Waals surface area contributed by atoms with Crippen molar-refractivity contribution in [2.75, 3.05) is 6.61 Å². The zero-order valence-electron chi connectivity index (χ0n) is 20.1. The number of rotatable bonds is 5. The van der Waals surface area contributed by atoms with Crippen molar-refractivity contribution in [2.24, 2.45) is 28.1 Å². The molecule has 0 aromatic heterocycles. The molecule has 0 aromatic rings. The molecule has 5 rings (SSSR count). The molecule has 3 fully saturated rings. The van der Waals surface area contributed by atoms with Crippen LogP contribution < -0.4 is 0 Å². The van der Waals surface area contributed by atoms with Crippen LogP contribution in [0.3, 0.4) is 0 Å². The Morgan fingerprint density at radius 1 is 1.25 bits per heavy atom. The van der Waals surface area contributed by atoms with Crippen molar-refractivity contribution in [2.45, 2.75) is 97.9 Å². The summed E-state index contributed by atoms with van der Waals surface area (Å²) in [6.07, 6.45) is 14.0. The van der Waals surface area contributed by atoms with Gasteiger partial charge in [0, 0.05) is 18.6 Å². The first-order chi connectivity index (χ1) is 15.2. The normalized spacial score (nSPS) is 45.2. The van der Waals surface area contributed by atoms with Crippen molar-refractivity contribution >= 4 is 11.9 Å². The molecule has 2 aliphatic heterocycles. The van der Waals surface area contributed by atoms with Crippen LogP contribution in [0.2, 0.25) is 0 Å². The van der Waals surface area contributed by atoms with Gasteiger partial charge in [-0.05, 0) is 85.0 Å². The molecule has 0 unspecified atom stereocenters. The van der Waals surface area contributed by atoms with Gasteiger partial charge in [0.25, 0.3) is 6.29 Å². The molecule has 0 aromatic carbocycles. The highest BCUT2D eigenvalue weighted by Crippen LogP contribution is 2.80. The molecular formula is C27H38O5. The van der Waals surface area contributed by atoms with Crippen LogP contribution >= 0.6 is 0 Å². The van der Waals surface area contributed by atoms with Crippen LogP contribution in [-0.4, -0.2) is 30.9 Å². The predicted molar refractivity (Wildman–Crippen MR) is 120 cm³/mol. The summed E-state index contributed by atoms with van der Waals surface area (Å²) in [7, 11) is 0. The zero-order chi connectivity index (χ0) is 22.7. The Bertz CT molecular complexity index is 873. The maximum atomic E-state index is 11.7. The van der Waals surface area contributed by atoms with Crippen LogP contribution in [0.15, 0.2) is 23.3 Å². The summed E-state index contributed by atoms with van der Waals surface area (Å²) in [5, 5.41) is 0. The van der Waals surface area contributed by atoms with Gasteiger partial charge < -0.3 is 14.2 Å². The van der Waals surface area contributed by atoms with Crippen LogP contribution in [0.4, 0.5) is 0 Å². The SMILES string of the molecule is CC(=O)O[C@H]1OC(=O)C=C1[C@@H]1CC=C(CC[C@]2(C)[C@H](C)CC[C@]34C[C@@]3(C)CCC[C@@H]24)CO1. The smallest absolute Gasteiger partial charge is 0.334 e. The van der Waals surface area contributed by atoms with Gasteiger partial charge in [-0.15, -0.1) is 0 Å². The summed E-state index contributed by atoms with van der Waals surface area (Å²) in [6.45, 7) is 9.51. The second-order valence-corrected chi connectivity index (χ2v) is 11.7. The van der Waals surface area contributed by atoms with Gasteiger partial charge in [-0.25, -0.2) is 4.79 Å². The Kier molecular flexibility index (Phi) is 5.35. The zero-order valence-corrected chi connectivity index (χ0v) is 20.1. The minimum atomic E-state index is -0.947. The number of esters is 2. The number of hydrogen-bond acceptors (Lipinski definition) is 5. The molecule has 7 atom stereocenters.